The number of amides is 2. The number of ether oxygens (including phenoxy) is 1. The lowest BCUT2D eigenvalue weighted by Crippen LogP contribution is -2.51. The number of rotatable bonds is 15. The summed E-state index contributed by atoms with van der Waals surface area (Å²) in [6.07, 6.45) is 3.21. The van der Waals surface area contributed by atoms with E-state index in [4.69, 9.17) is 16.2 Å². The molecule has 0 radical (unpaired) electrons. The minimum absolute atomic E-state index is 0.0564. The van der Waals surface area contributed by atoms with Gasteiger partial charge in [0.1, 0.15) is 6.61 Å². The normalized spacial score (nSPS) is 12.6. The monoisotopic (exact) mass is 517 g/mol. The Hall–Kier alpha value is -3.71. The summed E-state index contributed by atoms with van der Waals surface area (Å²) in [5.74, 6) is -0.998. The number of unbranched alkanes of at least 4 members (excludes halogenated alkanes) is 1. The number of hydrogen-bond acceptors (Lipinski definition) is 5. The average Bonchev–Trinajstić information content (AvgIpc) is 2.92. The molecule has 202 valence electrons. The topological polar surface area (TPSA) is 116 Å². The predicted molar refractivity (Wildman–Crippen MR) is 150 cm³/mol. The molecule has 0 aromatic heterocycles. The van der Waals surface area contributed by atoms with Gasteiger partial charge in [0.2, 0.25) is 11.8 Å². The van der Waals surface area contributed by atoms with Gasteiger partial charge in [-0.05, 0) is 47.6 Å². The minimum atomic E-state index is -0.777. The van der Waals surface area contributed by atoms with Crippen molar-refractivity contribution in [2.24, 2.45) is 11.5 Å². The van der Waals surface area contributed by atoms with Gasteiger partial charge >= 0.3 is 5.97 Å². The first-order chi connectivity index (χ1) is 18.4. The zero-order valence-electron chi connectivity index (χ0n) is 22.2. The van der Waals surface area contributed by atoms with Crippen LogP contribution in [0.3, 0.4) is 0 Å². The number of benzene rings is 3. The fraction of sp³-hybridized carbons (Fsp3) is 0.387. The maximum Gasteiger partial charge on any atom is 0.306 e. The highest BCUT2D eigenvalue weighted by Gasteiger charge is 2.29. The summed E-state index contributed by atoms with van der Waals surface area (Å²) in [7, 11) is 0. The van der Waals surface area contributed by atoms with Crippen molar-refractivity contribution in [3.63, 3.8) is 0 Å². The molecule has 4 N–H and O–H groups in total. The van der Waals surface area contributed by atoms with E-state index < -0.39 is 18.0 Å². The van der Waals surface area contributed by atoms with Gasteiger partial charge in [-0.2, -0.15) is 0 Å². The van der Waals surface area contributed by atoms with Crippen molar-refractivity contribution >= 4 is 28.6 Å². The van der Waals surface area contributed by atoms with Crippen molar-refractivity contribution < 1.29 is 19.1 Å². The van der Waals surface area contributed by atoms with E-state index in [1.807, 2.05) is 66.7 Å². The molecule has 0 saturated carbocycles. The van der Waals surface area contributed by atoms with Crippen molar-refractivity contribution in [2.75, 3.05) is 6.54 Å². The average molecular weight is 518 g/mol. The largest absolute Gasteiger partial charge is 0.461 e. The summed E-state index contributed by atoms with van der Waals surface area (Å²) >= 11 is 0. The molecule has 0 bridgehead atoms. The number of fused-ring (bicyclic) bond motifs is 1. The number of nitrogens with two attached hydrogens (primary N) is 2. The van der Waals surface area contributed by atoms with Gasteiger partial charge in [0.05, 0.1) is 6.04 Å². The summed E-state index contributed by atoms with van der Waals surface area (Å²) in [5.41, 5.74) is 13.9. The zero-order valence-corrected chi connectivity index (χ0v) is 22.2. The number of carbonyl (C=O) groups excluding carboxylic acids is 3. The third-order valence-corrected chi connectivity index (χ3v) is 6.65. The minimum Gasteiger partial charge on any atom is -0.461 e. The lowest BCUT2D eigenvalue weighted by molar-refractivity contribution is -0.145. The maximum absolute atomic E-state index is 13.5. The van der Waals surface area contributed by atoms with Crippen LogP contribution in [0.25, 0.3) is 10.8 Å². The van der Waals surface area contributed by atoms with E-state index in [1.54, 1.807) is 4.90 Å². The van der Waals surface area contributed by atoms with E-state index in [-0.39, 0.29) is 31.3 Å². The first-order valence-corrected chi connectivity index (χ1v) is 13.4. The van der Waals surface area contributed by atoms with Crippen molar-refractivity contribution in [3.05, 3.63) is 83.9 Å². The molecule has 38 heavy (non-hydrogen) atoms. The van der Waals surface area contributed by atoms with Crippen LogP contribution in [0.2, 0.25) is 0 Å². The van der Waals surface area contributed by atoms with Gasteiger partial charge in [0, 0.05) is 25.4 Å². The molecule has 0 unspecified atom stereocenters. The second-order valence-electron chi connectivity index (χ2n) is 9.74. The standard InChI is InChI=1S/C31H39N3O4/c1-2-3-18-34(27(21-29(33)35)20-24-16-17-25-12-7-8-13-26(25)19-24)31(37)28(32)14-9-15-30(36)38-22-23-10-5-4-6-11-23/h4-8,10-13,16-17,19,27-28H,2-3,9,14-15,18,20-22,32H2,1H3,(H2,33,35)/t27-,28-/m0/s1. The summed E-state index contributed by atoms with van der Waals surface area (Å²) < 4.78 is 5.32. The van der Waals surface area contributed by atoms with Crippen LogP contribution in [-0.2, 0) is 32.1 Å². The molecule has 3 aromatic carbocycles. The number of primary amides is 1. The molecule has 0 aliphatic carbocycles. The summed E-state index contributed by atoms with van der Waals surface area (Å²) in [4.78, 5) is 39.4. The highest BCUT2D eigenvalue weighted by Crippen LogP contribution is 2.20. The van der Waals surface area contributed by atoms with Crippen LogP contribution in [0.15, 0.2) is 72.8 Å². The van der Waals surface area contributed by atoms with Crippen LogP contribution in [0.1, 0.15) is 56.6 Å². The molecule has 0 fully saturated rings. The SMILES string of the molecule is CCCCN(C(=O)[C@@H](N)CCCC(=O)OCc1ccccc1)[C@H](CC(N)=O)Cc1ccc2ccccc2c1. The van der Waals surface area contributed by atoms with E-state index >= 15 is 0 Å². The van der Waals surface area contributed by atoms with Gasteiger partial charge in [-0.1, -0.05) is 86.1 Å². The molecule has 7 nitrogen and oxygen atoms in total. The van der Waals surface area contributed by atoms with Crippen LogP contribution >= 0.6 is 0 Å². The maximum atomic E-state index is 13.5. The highest BCUT2D eigenvalue weighted by molar-refractivity contribution is 5.84. The van der Waals surface area contributed by atoms with E-state index in [9.17, 15) is 14.4 Å². The smallest absolute Gasteiger partial charge is 0.306 e. The fourth-order valence-electron chi connectivity index (χ4n) is 4.58. The quantitative estimate of drug-likeness (QED) is 0.288. The van der Waals surface area contributed by atoms with Gasteiger partial charge in [0.25, 0.3) is 0 Å². The summed E-state index contributed by atoms with van der Waals surface area (Å²) in [6.45, 7) is 2.77. The number of hydrogen-bond donors (Lipinski definition) is 2. The fourth-order valence-corrected chi connectivity index (χ4v) is 4.58. The van der Waals surface area contributed by atoms with Crippen molar-refractivity contribution in [3.8, 4) is 0 Å². The van der Waals surface area contributed by atoms with E-state index in [0.29, 0.717) is 25.8 Å². The highest BCUT2D eigenvalue weighted by atomic mass is 16.5. The summed E-state index contributed by atoms with van der Waals surface area (Å²) in [6, 6.07) is 22.6. The van der Waals surface area contributed by atoms with Crippen molar-refractivity contribution in [1.29, 1.82) is 0 Å². The third kappa shape index (κ3) is 8.99. The number of carbonyl (C=O) groups is 3. The van der Waals surface area contributed by atoms with Gasteiger partial charge in [-0.25, -0.2) is 0 Å². The zero-order chi connectivity index (χ0) is 27.3. The van der Waals surface area contributed by atoms with E-state index in [1.165, 1.54) is 0 Å². The lowest BCUT2D eigenvalue weighted by Gasteiger charge is -2.33. The molecule has 2 amide bonds. The molecular weight excluding hydrogens is 478 g/mol. The van der Waals surface area contributed by atoms with Gasteiger partial charge in [0.15, 0.2) is 0 Å². The van der Waals surface area contributed by atoms with Crippen LogP contribution in [0.5, 0.6) is 0 Å². The van der Waals surface area contributed by atoms with Crippen LogP contribution in [0, 0.1) is 0 Å². The van der Waals surface area contributed by atoms with Gasteiger partial charge in [-0.3, -0.25) is 14.4 Å². The molecule has 3 rings (SSSR count). The molecule has 2 atom stereocenters. The third-order valence-electron chi connectivity index (χ3n) is 6.65. The lowest BCUT2D eigenvalue weighted by atomic mass is 9.97. The Bertz CT molecular complexity index is 1200. The van der Waals surface area contributed by atoms with E-state index in [0.717, 1.165) is 34.7 Å². The van der Waals surface area contributed by atoms with Crippen molar-refractivity contribution in [2.45, 2.75) is 70.6 Å². The molecule has 0 heterocycles. The summed E-state index contributed by atoms with van der Waals surface area (Å²) in [5, 5.41) is 2.23. The van der Waals surface area contributed by atoms with Crippen molar-refractivity contribution in [1.82, 2.24) is 4.90 Å². The second-order valence-corrected chi connectivity index (χ2v) is 9.74. The Kier molecular flexibility index (Phi) is 11.3. The second kappa shape index (κ2) is 14.9. The van der Waals surface area contributed by atoms with Crippen LogP contribution < -0.4 is 11.5 Å². The first kappa shape index (κ1) is 28.9. The Morgan fingerprint density at radius 3 is 2.32 bits per heavy atom. The number of nitrogens with zero attached hydrogens (tertiary/aromatic N) is 1. The Morgan fingerprint density at radius 2 is 1.61 bits per heavy atom. The Labute approximate surface area is 225 Å². The van der Waals surface area contributed by atoms with Gasteiger partial charge in [-0.15, -0.1) is 0 Å². The van der Waals surface area contributed by atoms with E-state index in [2.05, 4.69) is 13.0 Å². The molecule has 0 spiro atoms. The Balaban J connectivity index is 1.62. The molecular formula is C31H39N3O4. The molecule has 0 saturated heterocycles. The van der Waals surface area contributed by atoms with Gasteiger partial charge < -0.3 is 21.1 Å². The number of esters is 1. The molecule has 0 aliphatic rings. The Morgan fingerprint density at radius 1 is 0.895 bits per heavy atom. The van der Waals surface area contributed by atoms with Crippen LogP contribution in [-0.4, -0.2) is 41.3 Å². The predicted octanol–water partition coefficient (Wildman–Crippen LogP) is 4.50. The molecule has 3 aromatic rings. The molecule has 0 aliphatic heterocycles. The molecule has 7 heteroatoms. The van der Waals surface area contributed by atoms with Crippen LogP contribution in [0.4, 0.5) is 0 Å². The first-order valence-electron chi connectivity index (χ1n) is 13.4.